The molecule has 2 aromatic rings. The first kappa shape index (κ1) is 22.6. The van der Waals surface area contributed by atoms with Crippen LogP contribution in [0.4, 0.5) is 5.69 Å². The summed E-state index contributed by atoms with van der Waals surface area (Å²) in [5.74, 6) is 0.947. The molecule has 7 nitrogen and oxygen atoms in total. The van der Waals surface area contributed by atoms with Crippen molar-refractivity contribution in [3.8, 4) is 17.6 Å². The number of nitriles is 1. The van der Waals surface area contributed by atoms with E-state index in [-0.39, 0.29) is 12.4 Å². The molecule has 1 aliphatic heterocycles. The van der Waals surface area contributed by atoms with E-state index >= 15 is 0 Å². The first-order valence-corrected chi connectivity index (χ1v) is 10.5. The Hall–Kier alpha value is -3.08. The first-order chi connectivity index (χ1) is 15.0. The molecule has 0 bridgehead atoms. The molecular formula is C24H29N3O4. The summed E-state index contributed by atoms with van der Waals surface area (Å²) in [4.78, 5) is 16.1. The minimum Gasteiger partial charge on any atom is -0.493 e. The zero-order chi connectivity index (χ0) is 22.2. The third-order valence-electron chi connectivity index (χ3n) is 5.42. The van der Waals surface area contributed by atoms with Crippen LogP contribution in [-0.2, 0) is 0 Å². The van der Waals surface area contributed by atoms with Crippen molar-refractivity contribution in [3.63, 3.8) is 0 Å². The van der Waals surface area contributed by atoms with Gasteiger partial charge in [0, 0.05) is 37.4 Å². The van der Waals surface area contributed by atoms with E-state index in [1.165, 1.54) is 14.0 Å². The summed E-state index contributed by atoms with van der Waals surface area (Å²) < 4.78 is 11.1. The van der Waals surface area contributed by atoms with Gasteiger partial charge in [-0.25, -0.2) is 0 Å². The average Bonchev–Trinajstić information content (AvgIpc) is 3.03. The second-order valence-corrected chi connectivity index (χ2v) is 7.69. The summed E-state index contributed by atoms with van der Waals surface area (Å²) in [6.07, 6.45) is 0.354. The van der Waals surface area contributed by atoms with E-state index in [2.05, 4.69) is 15.9 Å². The summed E-state index contributed by atoms with van der Waals surface area (Å²) >= 11 is 0. The number of nitrogens with zero attached hydrogens (tertiary/aromatic N) is 3. The molecule has 0 amide bonds. The Kier molecular flexibility index (Phi) is 7.88. The van der Waals surface area contributed by atoms with Crippen molar-refractivity contribution >= 4 is 11.5 Å². The molecule has 1 unspecified atom stereocenters. The third kappa shape index (κ3) is 6.20. The van der Waals surface area contributed by atoms with Crippen LogP contribution in [0.5, 0.6) is 11.5 Å². The molecule has 2 aromatic carbocycles. The number of aliphatic hydroxyl groups is 1. The van der Waals surface area contributed by atoms with Crippen LogP contribution in [0, 0.1) is 11.3 Å². The maximum Gasteiger partial charge on any atom is 0.161 e. The number of hydrogen-bond donors (Lipinski definition) is 1. The predicted octanol–water partition coefficient (Wildman–Crippen LogP) is 2.72. The Labute approximate surface area is 183 Å². The normalized spacial score (nSPS) is 15.6. The summed E-state index contributed by atoms with van der Waals surface area (Å²) in [5.41, 5.74) is 2.34. The minimum absolute atomic E-state index is 0.0406. The number of methoxy groups -OCH3 is 1. The fourth-order valence-electron chi connectivity index (χ4n) is 3.70. The highest BCUT2D eigenvalue weighted by Crippen LogP contribution is 2.28. The maximum atomic E-state index is 11.5. The molecule has 1 heterocycles. The van der Waals surface area contributed by atoms with Crippen molar-refractivity contribution in [2.75, 3.05) is 51.3 Å². The molecule has 1 atom stereocenters. The molecule has 0 spiro atoms. The maximum absolute atomic E-state index is 11.5. The molecule has 0 aromatic heterocycles. The van der Waals surface area contributed by atoms with Crippen LogP contribution in [0.25, 0.3) is 0 Å². The summed E-state index contributed by atoms with van der Waals surface area (Å²) in [6.45, 7) is 5.71. The number of hydrogen-bond acceptors (Lipinski definition) is 7. The lowest BCUT2D eigenvalue weighted by molar-refractivity contribution is 0.0694. The highest BCUT2D eigenvalue weighted by atomic mass is 16.5. The molecule has 1 saturated heterocycles. The van der Waals surface area contributed by atoms with Crippen LogP contribution >= 0.6 is 0 Å². The monoisotopic (exact) mass is 423 g/mol. The largest absolute Gasteiger partial charge is 0.493 e. The van der Waals surface area contributed by atoms with Gasteiger partial charge >= 0.3 is 0 Å². The Balaban J connectivity index is 1.50. The van der Waals surface area contributed by atoms with Gasteiger partial charge in [0.25, 0.3) is 0 Å². The molecule has 1 N–H and O–H groups in total. The highest BCUT2D eigenvalue weighted by Gasteiger charge is 2.19. The van der Waals surface area contributed by atoms with Gasteiger partial charge in [-0.1, -0.05) is 0 Å². The lowest BCUT2D eigenvalue weighted by atomic mass is 10.1. The first-order valence-electron chi connectivity index (χ1n) is 10.5. The molecule has 1 fully saturated rings. The number of aliphatic hydroxyl groups excluding tert-OH is 1. The Morgan fingerprint density at radius 3 is 2.58 bits per heavy atom. The van der Waals surface area contributed by atoms with Crippen molar-refractivity contribution < 1.29 is 19.4 Å². The lowest BCUT2D eigenvalue weighted by Crippen LogP contribution is -2.38. The zero-order valence-electron chi connectivity index (χ0n) is 18.1. The fourth-order valence-corrected chi connectivity index (χ4v) is 3.70. The third-order valence-corrected chi connectivity index (χ3v) is 5.42. The average molecular weight is 424 g/mol. The molecule has 164 valence electrons. The number of carbonyl (C=O) groups excluding carboxylic acids is 1. The van der Waals surface area contributed by atoms with Gasteiger partial charge in [0.1, 0.15) is 12.7 Å². The quantitative estimate of drug-likeness (QED) is 0.654. The van der Waals surface area contributed by atoms with Gasteiger partial charge in [0.2, 0.25) is 0 Å². The Morgan fingerprint density at radius 2 is 1.90 bits per heavy atom. The molecule has 0 radical (unpaired) electrons. The van der Waals surface area contributed by atoms with Gasteiger partial charge in [-0.05, 0) is 62.4 Å². The van der Waals surface area contributed by atoms with Crippen LogP contribution in [0.2, 0.25) is 0 Å². The molecular weight excluding hydrogens is 394 g/mol. The topological polar surface area (TPSA) is 86.0 Å². The zero-order valence-corrected chi connectivity index (χ0v) is 18.1. The van der Waals surface area contributed by atoms with Gasteiger partial charge in [-0.3, -0.25) is 9.69 Å². The van der Waals surface area contributed by atoms with E-state index in [1.807, 2.05) is 24.3 Å². The van der Waals surface area contributed by atoms with Gasteiger partial charge in [0.15, 0.2) is 17.3 Å². The highest BCUT2D eigenvalue weighted by molar-refractivity contribution is 5.94. The van der Waals surface area contributed by atoms with Gasteiger partial charge < -0.3 is 19.5 Å². The van der Waals surface area contributed by atoms with Crippen molar-refractivity contribution in [3.05, 3.63) is 53.6 Å². The van der Waals surface area contributed by atoms with Crippen LogP contribution in [0.1, 0.15) is 29.3 Å². The van der Waals surface area contributed by atoms with Crippen LogP contribution in [0.3, 0.4) is 0 Å². The number of rotatable bonds is 8. The summed E-state index contributed by atoms with van der Waals surface area (Å²) in [6, 6.07) is 14.9. The molecule has 0 aliphatic carbocycles. The number of Topliss-reactive ketones (excluding diaryl/α,β-unsaturated/α-hetero) is 1. The number of ketones is 1. The van der Waals surface area contributed by atoms with Crippen molar-refractivity contribution in [1.29, 1.82) is 5.26 Å². The van der Waals surface area contributed by atoms with Gasteiger partial charge in [0.05, 0.1) is 18.7 Å². The number of β-amino-alcohol motifs (C(OH)–C–C–N with tert-alkyl or cyclic N) is 1. The van der Waals surface area contributed by atoms with E-state index in [0.29, 0.717) is 29.2 Å². The summed E-state index contributed by atoms with van der Waals surface area (Å²) in [7, 11) is 1.53. The smallest absolute Gasteiger partial charge is 0.161 e. The minimum atomic E-state index is -0.640. The van der Waals surface area contributed by atoms with E-state index in [0.717, 1.165) is 38.3 Å². The molecule has 0 saturated carbocycles. The van der Waals surface area contributed by atoms with E-state index in [4.69, 9.17) is 14.7 Å². The fraction of sp³-hybridized carbons (Fsp3) is 0.417. The van der Waals surface area contributed by atoms with Gasteiger partial charge in [-0.2, -0.15) is 5.26 Å². The molecule has 3 rings (SSSR count). The number of ether oxygens (including phenoxy) is 2. The number of benzene rings is 2. The predicted molar refractivity (Wildman–Crippen MR) is 119 cm³/mol. The van der Waals surface area contributed by atoms with Crippen molar-refractivity contribution in [2.24, 2.45) is 0 Å². The second-order valence-electron chi connectivity index (χ2n) is 7.69. The Morgan fingerprint density at radius 1 is 1.13 bits per heavy atom. The number of carbonyl (C=O) groups is 1. The summed E-state index contributed by atoms with van der Waals surface area (Å²) in [5, 5.41) is 19.5. The van der Waals surface area contributed by atoms with E-state index < -0.39 is 6.10 Å². The van der Waals surface area contributed by atoms with E-state index in [9.17, 15) is 9.90 Å². The van der Waals surface area contributed by atoms with Crippen molar-refractivity contribution in [1.82, 2.24) is 4.90 Å². The number of anilines is 1. The Bertz CT molecular complexity index is 923. The second kappa shape index (κ2) is 10.8. The van der Waals surface area contributed by atoms with Crippen LogP contribution in [-0.4, -0.2) is 68.3 Å². The SMILES string of the molecule is COc1cc(C(C)=O)ccc1OCC(O)CN1CCCN(c2ccc(C#N)cc2)CC1. The molecule has 7 heteroatoms. The van der Waals surface area contributed by atoms with Crippen molar-refractivity contribution in [2.45, 2.75) is 19.4 Å². The van der Waals surface area contributed by atoms with Crippen LogP contribution in [0.15, 0.2) is 42.5 Å². The standard InChI is InChI=1S/C24H29N3O4/c1-18(28)20-6-9-23(24(14-20)30-2)31-17-22(29)16-26-10-3-11-27(13-12-26)21-7-4-19(15-25)5-8-21/h4-9,14,22,29H,3,10-13,16-17H2,1-2H3. The van der Waals surface area contributed by atoms with E-state index in [1.54, 1.807) is 18.2 Å². The molecule has 1 aliphatic rings. The van der Waals surface area contributed by atoms with Gasteiger partial charge in [-0.15, -0.1) is 0 Å². The molecule has 31 heavy (non-hydrogen) atoms. The van der Waals surface area contributed by atoms with Crippen LogP contribution < -0.4 is 14.4 Å². The lowest BCUT2D eigenvalue weighted by Gasteiger charge is -2.25.